The van der Waals surface area contributed by atoms with Crippen LogP contribution in [0.3, 0.4) is 0 Å². The zero-order valence-electron chi connectivity index (χ0n) is 21.2. The van der Waals surface area contributed by atoms with Gasteiger partial charge in [0.1, 0.15) is 5.54 Å². The molecule has 0 atom stereocenters. The molecule has 0 spiro atoms. The van der Waals surface area contributed by atoms with E-state index in [1.807, 2.05) is 67.6 Å². The molecule has 1 aliphatic heterocycles. The van der Waals surface area contributed by atoms with Gasteiger partial charge in [0, 0.05) is 43.7 Å². The van der Waals surface area contributed by atoms with Crippen LogP contribution >= 0.6 is 11.6 Å². The first-order chi connectivity index (χ1) is 17.8. The van der Waals surface area contributed by atoms with Crippen molar-refractivity contribution >= 4 is 29.3 Å². The molecule has 7 heteroatoms. The van der Waals surface area contributed by atoms with Gasteiger partial charge in [0.2, 0.25) is 11.8 Å². The monoisotopic (exact) mass is 517 g/mol. The van der Waals surface area contributed by atoms with E-state index < -0.39 is 5.54 Å². The average Bonchev–Trinajstić information content (AvgIpc) is 2.91. The maximum Gasteiger partial charge on any atom is 0.255 e. The van der Waals surface area contributed by atoms with Crippen LogP contribution < -0.4 is 5.32 Å². The molecule has 6 nitrogen and oxygen atoms in total. The summed E-state index contributed by atoms with van der Waals surface area (Å²) in [6.45, 7) is 4.84. The molecule has 0 radical (unpaired) electrons. The van der Waals surface area contributed by atoms with Gasteiger partial charge in [-0.1, -0.05) is 71.8 Å². The fourth-order valence-corrected chi connectivity index (χ4v) is 5.05. The van der Waals surface area contributed by atoms with Gasteiger partial charge in [-0.25, -0.2) is 0 Å². The average molecular weight is 518 g/mol. The molecule has 1 N–H and O–H groups in total. The van der Waals surface area contributed by atoms with Crippen LogP contribution in [-0.2, 0) is 22.7 Å². The summed E-state index contributed by atoms with van der Waals surface area (Å²) in [4.78, 5) is 43.6. The van der Waals surface area contributed by atoms with Gasteiger partial charge in [0.25, 0.3) is 5.91 Å². The minimum Gasteiger partial charge on any atom is -0.350 e. The molecule has 0 saturated carbocycles. The van der Waals surface area contributed by atoms with Crippen LogP contribution in [0.1, 0.15) is 46.8 Å². The second kappa shape index (κ2) is 11.6. The highest BCUT2D eigenvalue weighted by Crippen LogP contribution is 2.33. The van der Waals surface area contributed by atoms with Crippen molar-refractivity contribution in [3.05, 3.63) is 106 Å². The number of nitrogens with one attached hydrogen (secondary N) is 1. The Bertz CT molecular complexity index is 1250. The van der Waals surface area contributed by atoms with Crippen LogP contribution in [0.2, 0.25) is 5.02 Å². The van der Waals surface area contributed by atoms with Gasteiger partial charge in [-0.15, -0.1) is 0 Å². The number of carbonyl (C=O) groups excluding carboxylic acids is 3. The van der Waals surface area contributed by atoms with E-state index >= 15 is 0 Å². The third-order valence-electron chi connectivity index (χ3n) is 7.04. The number of hydrogen-bond acceptors (Lipinski definition) is 3. The van der Waals surface area contributed by atoms with Crippen LogP contribution in [0.25, 0.3) is 0 Å². The molecule has 1 aliphatic rings. The van der Waals surface area contributed by atoms with Crippen LogP contribution in [0.4, 0.5) is 0 Å². The molecule has 1 fully saturated rings. The summed E-state index contributed by atoms with van der Waals surface area (Å²) in [7, 11) is 0. The number of rotatable bonds is 7. The minimum absolute atomic E-state index is 0.0375. The summed E-state index contributed by atoms with van der Waals surface area (Å²) in [5.74, 6) is -0.488. The van der Waals surface area contributed by atoms with Crippen molar-refractivity contribution in [2.24, 2.45) is 0 Å². The van der Waals surface area contributed by atoms with E-state index in [9.17, 15) is 14.4 Å². The normalized spacial score (nSPS) is 14.6. The predicted molar refractivity (Wildman–Crippen MR) is 145 cm³/mol. The van der Waals surface area contributed by atoms with Crippen LogP contribution in [0, 0.1) is 6.92 Å². The second-order valence-electron chi connectivity index (χ2n) is 9.59. The number of hydrogen-bond donors (Lipinski definition) is 1. The summed E-state index contributed by atoms with van der Waals surface area (Å²) in [5, 5.41) is 3.65. The molecule has 3 amide bonds. The Morgan fingerprint density at radius 2 is 1.57 bits per heavy atom. The number of halogens is 1. The Kier molecular flexibility index (Phi) is 8.29. The number of nitrogens with zero attached hydrogens (tertiary/aromatic N) is 2. The van der Waals surface area contributed by atoms with Crippen LogP contribution in [-0.4, -0.2) is 46.1 Å². The van der Waals surface area contributed by atoms with Crippen molar-refractivity contribution in [1.29, 1.82) is 0 Å². The van der Waals surface area contributed by atoms with Gasteiger partial charge in [0.05, 0.1) is 0 Å². The molecule has 0 aliphatic carbocycles. The van der Waals surface area contributed by atoms with E-state index in [-0.39, 0.29) is 24.3 Å². The highest BCUT2D eigenvalue weighted by molar-refractivity contribution is 6.30. The van der Waals surface area contributed by atoms with Crippen LogP contribution in [0.5, 0.6) is 0 Å². The summed E-state index contributed by atoms with van der Waals surface area (Å²) in [6, 6.07) is 24.4. The largest absolute Gasteiger partial charge is 0.350 e. The summed E-state index contributed by atoms with van der Waals surface area (Å²) >= 11 is 6.27. The molecular weight excluding hydrogens is 486 g/mol. The fraction of sp³-hybridized carbons (Fsp3) is 0.300. The topological polar surface area (TPSA) is 69.7 Å². The lowest BCUT2D eigenvalue weighted by molar-refractivity contribution is -0.141. The number of amides is 3. The SMILES string of the molecule is CC(=O)N1CCC(C(=O)NCc2ccccc2)(N(Cc2cccc(Cl)c2)C(=O)c2ccc(C)cc2)CC1. The third-order valence-corrected chi connectivity index (χ3v) is 7.28. The Morgan fingerprint density at radius 1 is 0.919 bits per heavy atom. The fourth-order valence-electron chi connectivity index (χ4n) is 4.84. The summed E-state index contributed by atoms with van der Waals surface area (Å²) in [6.07, 6.45) is 0.677. The van der Waals surface area contributed by atoms with Crippen molar-refractivity contribution < 1.29 is 14.4 Å². The Hall–Kier alpha value is -3.64. The van der Waals surface area contributed by atoms with Crippen molar-refractivity contribution in [3.63, 3.8) is 0 Å². The first-order valence-electron chi connectivity index (χ1n) is 12.5. The van der Waals surface area contributed by atoms with Gasteiger partial charge in [-0.2, -0.15) is 0 Å². The smallest absolute Gasteiger partial charge is 0.255 e. The Labute approximate surface area is 223 Å². The lowest BCUT2D eigenvalue weighted by Gasteiger charge is -2.47. The lowest BCUT2D eigenvalue weighted by atomic mass is 9.83. The molecule has 37 heavy (non-hydrogen) atoms. The molecule has 1 saturated heterocycles. The summed E-state index contributed by atoms with van der Waals surface area (Å²) in [5.41, 5.74) is 2.22. The first kappa shape index (κ1) is 26.4. The molecular formula is C30H32ClN3O3. The van der Waals surface area contributed by atoms with E-state index in [1.54, 1.807) is 28.0 Å². The molecule has 192 valence electrons. The van der Waals surface area contributed by atoms with Crippen molar-refractivity contribution in [2.75, 3.05) is 13.1 Å². The van der Waals surface area contributed by atoms with Crippen molar-refractivity contribution in [1.82, 2.24) is 15.1 Å². The lowest BCUT2D eigenvalue weighted by Crippen LogP contribution is -2.64. The van der Waals surface area contributed by atoms with Gasteiger partial charge in [-0.3, -0.25) is 14.4 Å². The predicted octanol–water partition coefficient (Wildman–Crippen LogP) is 4.99. The highest BCUT2D eigenvalue weighted by atomic mass is 35.5. The zero-order valence-corrected chi connectivity index (χ0v) is 22.0. The highest BCUT2D eigenvalue weighted by Gasteiger charge is 2.48. The third kappa shape index (κ3) is 6.20. The number of likely N-dealkylation sites (tertiary alicyclic amines) is 1. The number of carbonyl (C=O) groups is 3. The van der Waals surface area contributed by atoms with Gasteiger partial charge in [-0.05, 0) is 55.2 Å². The van der Waals surface area contributed by atoms with E-state index in [0.29, 0.717) is 43.1 Å². The molecule has 0 bridgehead atoms. The van der Waals surface area contributed by atoms with Crippen molar-refractivity contribution in [3.8, 4) is 0 Å². The first-order valence-corrected chi connectivity index (χ1v) is 12.9. The molecule has 1 heterocycles. The molecule has 3 aromatic rings. The standard InChI is InChI=1S/C30H32ClN3O3/c1-22-11-13-26(14-12-22)28(36)34(21-25-9-6-10-27(31)19-25)30(15-17-33(18-16-30)23(2)35)29(37)32-20-24-7-4-3-5-8-24/h3-14,19H,15-18,20-21H2,1-2H3,(H,32,37). The quantitative estimate of drug-likeness (QED) is 0.480. The van der Waals surface area contributed by atoms with E-state index in [2.05, 4.69) is 5.32 Å². The van der Waals surface area contributed by atoms with Crippen LogP contribution in [0.15, 0.2) is 78.9 Å². The number of aryl methyl sites for hydroxylation is 1. The maximum atomic E-state index is 14.1. The van der Waals surface area contributed by atoms with Gasteiger partial charge >= 0.3 is 0 Å². The van der Waals surface area contributed by atoms with E-state index in [4.69, 9.17) is 11.6 Å². The maximum absolute atomic E-state index is 14.1. The molecule has 3 aromatic carbocycles. The molecule has 0 unspecified atom stereocenters. The molecule has 0 aromatic heterocycles. The van der Waals surface area contributed by atoms with Gasteiger partial charge < -0.3 is 15.1 Å². The summed E-state index contributed by atoms with van der Waals surface area (Å²) < 4.78 is 0. The Balaban J connectivity index is 1.73. The Morgan fingerprint density at radius 3 is 2.19 bits per heavy atom. The number of piperidine rings is 1. The minimum atomic E-state index is -1.13. The van der Waals surface area contributed by atoms with E-state index in [1.165, 1.54) is 6.92 Å². The number of benzene rings is 3. The zero-order chi connectivity index (χ0) is 26.4. The van der Waals surface area contributed by atoms with E-state index in [0.717, 1.165) is 16.7 Å². The molecule has 4 rings (SSSR count). The van der Waals surface area contributed by atoms with Gasteiger partial charge in [0.15, 0.2) is 0 Å². The van der Waals surface area contributed by atoms with Crippen molar-refractivity contribution in [2.45, 2.75) is 45.3 Å². The second-order valence-corrected chi connectivity index (χ2v) is 10.0.